The topological polar surface area (TPSA) is 96.6 Å². The maximum Gasteiger partial charge on any atom is 0.330 e. The fraction of sp³-hybridized carbons (Fsp3) is 0.167. The summed E-state index contributed by atoms with van der Waals surface area (Å²) in [4.78, 5) is 24.1. The van der Waals surface area contributed by atoms with Crippen molar-refractivity contribution < 1.29 is 4.74 Å². The highest BCUT2D eigenvalue weighted by Crippen LogP contribution is 2.27. The van der Waals surface area contributed by atoms with E-state index in [1.165, 1.54) is 0 Å². The monoisotopic (exact) mass is 411 g/mol. The number of nitriles is 1. The number of rotatable bonds is 5. The van der Waals surface area contributed by atoms with Gasteiger partial charge in [-0.15, -0.1) is 0 Å². The van der Waals surface area contributed by atoms with E-state index in [4.69, 9.17) is 4.74 Å². The predicted octanol–water partition coefficient (Wildman–Crippen LogP) is 4.10. The molecule has 4 aromatic rings. The first kappa shape index (κ1) is 20.1. The molecule has 0 fully saturated rings. The van der Waals surface area contributed by atoms with Gasteiger partial charge in [-0.3, -0.25) is 9.55 Å². The first-order valence-electron chi connectivity index (χ1n) is 9.72. The summed E-state index contributed by atoms with van der Waals surface area (Å²) in [7, 11) is 1.57. The van der Waals surface area contributed by atoms with Gasteiger partial charge in [-0.1, -0.05) is 12.1 Å². The number of aromatic amines is 1. The van der Waals surface area contributed by atoms with Gasteiger partial charge in [0.05, 0.1) is 35.7 Å². The van der Waals surface area contributed by atoms with E-state index < -0.39 is 5.41 Å². The SMILES string of the molecule is COc1ccc(-c2ccnc(-c3c[nH]c(=O)n3-c3ccc(C(C)(C)C#N)cc3)c2)cn1. The van der Waals surface area contributed by atoms with Gasteiger partial charge >= 0.3 is 5.69 Å². The summed E-state index contributed by atoms with van der Waals surface area (Å²) in [5, 5.41) is 9.36. The van der Waals surface area contributed by atoms with Crippen molar-refractivity contribution in [3.8, 4) is 40.2 Å². The Hall–Kier alpha value is -4.18. The summed E-state index contributed by atoms with van der Waals surface area (Å²) in [6.07, 6.45) is 5.08. The van der Waals surface area contributed by atoms with Crippen molar-refractivity contribution in [3.63, 3.8) is 0 Å². The van der Waals surface area contributed by atoms with E-state index in [0.29, 0.717) is 23.0 Å². The number of ether oxygens (including phenoxy) is 1. The number of methoxy groups -OCH3 is 1. The number of hydrogen-bond donors (Lipinski definition) is 1. The van der Waals surface area contributed by atoms with Crippen molar-refractivity contribution in [2.45, 2.75) is 19.3 Å². The summed E-state index contributed by atoms with van der Waals surface area (Å²) < 4.78 is 6.69. The predicted molar refractivity (Wildman–Crippen MR) is 118 cm³/mol. The lowest BCUT2D eigenvalue weighted by Crippen LogP contribution is -2.17. The summed E-state index contributed by atoms with van der Waals surface area (Å²) >= 11 is 0. The highest BCUT2D eigenvalue weighted by Gasteiger charge is 2.20. The molecular weight excluding hydrogens is 390 g/mol. The van der Waals surface area contributed by atoms with Crippen LogP contribution in [0.1, 0.15) is 19.4 Å². The van der Waals surface area contributed by atoms with E-state index in [9.17, 15) is 10.1 Å². The summed E-state index contributed by atoms with van der Waals surface area (Å²) in [6.45, 7) is 3.72. The number of imidazole rings is 1. The lowest BCUT2D eigenvalue weighted by Gasteiger charge is -2.16. The third-order valence-corrected chi connectivity index (χ3v) is 5.20. The highest BCUT2D eigenvalue weighted by molar-refractivity contribution is 5.69. The van der Waals surface area contributed by atoms with Crippen molar-refractivity contribution in [3.05, 3.63) is 83.2 Å². The van der Waals surface area contributed by atoms with Crippen molar-refractivity contribution in [1.82, 2.24) is 19.5 Å². The molecule has 0 atom stereocenters. The summed E-state index contributed by atoms with van der Waals surface area (Å²) in [5.41, 5.74) is 3.83. The van der Waals surface area contributed by atoms with Crippen LogP contribution < -0.4 is 10.4 Å². The zero-order valence-corrected chi connectivity index (χ0v) is 17.5. The van der Waals surface area contributed by atoms with E-state index >= 15 is 0 Å². The second-order valence-electron chi connectivity index (χ2n) is 7.62. The number of pyridine rings is 2. The second-order valence-corrected chi connectivity index (χ2v) is 7.62. The normalized spacial score (nSPS) is 11.2. The van der Waals surface area contributed by atoms with Crippen molar-refractivity contribution in [2.75, 3.05) is 7.11 Å². The van der Waals surface area contributed by atoms with Crippen LogP contribution in [-0.2, 0) is 5.41 Å². The van der Waals surface area contributed by atoms with Crippen LogP contribution in [0.5, 0.6) is 5.88 Å². The molecule has 0 spiro atoms. The van der Waals surface area contributed by atoms with Crippen LogP contribution in [-0.4, -0.2) is 26.6 Å². The largest absolute Gasteiger partial charge is 0.481 e. The Morgan fingerprint density at radius 2 is 1.84 bits per heavy atom. The van der Waals surface area contributed by atoms with E-state index in [1.807, 2.05) is 56.3 Å². The van der Waals surface area contributed by atoms with Crippen LogP contribution >= 0.6 is 0 Å². The van der Waals surface area contributed by atoms with Gasteiger partial charge in [0.1, 0.15) is 0 Å². The maximum absolute atomic E-state index is 12.6. The van der Waals surface area contributed by atoms with Gasteiger partial charge in [-0.05, 0) is 55.3 Å². The van der Waals surface area contributed by atoms with E-state index in [-0.39, 0.29) is 5.69 Å². The Morgan fingerprint density at radius 1 is 1.06 bits per heavy atom. The Kier molecular flexibility index (Phi) is 5.14. The molecular formula is C24H21N5O2. The fourth-order valence-electron chi connectivity index (χ4n) is 3.33. The molecule has 1 N–H and O–H groups in total. The average molecular weight is 411 g/mol. The van der Waals surface area contributed by atoms with Gasteiger partial charge in [0, 0.05) is 30.2 Å². The highest BCUT2D eigenvalue weighted by atomic mass is 16.5. The van der Waals surface area contributed by atoms with E-state index in [1.54, 1.807) is 36.3 Å². The van der Waals surface area contributed by atoms with Gasteiger partial charge in [0.25, 0.3) is 0 Å². The number of nitrogens with zero attached hydrogens (tertiary/aromatic N) is 4. The zero-order valence-electron chi connectivity index (χ0n) is 17.5. The van der Waals surface area contributed by atoms with Gasteiger partial charge in [-0.25, -0.2) is 9.78 Å². The molecule has 0 radical (unpaired) electrons. The van der Waals surface area contributed by atoms with Gasteiger partial charge in [-0.2, -0.15) is 5.26 Å². The molecule has 0 amide bonds. The van der Waals surface area contributed by atoms with Gasteiger partial charge < -0.3 is 9.72 Å². The molecule has 0 aliphatic carbocycles. The minimum Gasteiger partial charge on any atom is -0.481 e. The zero-order chi connectivity index (χ0) is 22.0. The number of nitrogens with one attached hydrogen (secondary N) is 1. The van der Waals surface area contributed by atoms with Crippen molar-refractivity contribution in [1.29, 1.82) is 5.26 Å². The molecule has 0 aliphatic heterocycles. The summed E-state index contributed by atoms with van der Waals surface area (Å²) in [5.74, 6) is 0.542. The van der Waals surface area contributed by atoms with Crippen molar-refractivity contribution in [2.24, 2.45) is 0 Å². The smallest absolute Gasteiger partial charge is 0.330 e. The molecule has 31 heavy (non-hydrogen) atoms. The van der Waals surface area contributed by atoms with Crippen molar-refractivity contribution >= 4 is 0 Å². The molecule has 1 aromatic carbocycles. The van der Waals surface area contributed by atoms with Gasteiger partial charge in [0.2, 0.25) is 5.88 Å². The Balaban J connectivity index is 1.75. The van der Waals surface area contributed by atoms with E-state index in [2.05, 4.69) is 21.0 Å². The van der Waals surface area contributed by atoms with Crippen LogP contribution in [0.2, 0.25) is 0 Å². The molecule has 0 saturated heterocycles. The number of benzene rings is 1. The second kappa shape index (κ2) is 7.92. The van der Waals surface area contributed by atoms with Crippen LogP contribution in [0, 0.1) is 11.3 Å². The number of aromatic nitrogens is 4. The minimum atomic E-state index is -0.604. The van der Waals surface area contributed by atoms with Crippen LogP contribution in [0.15, 0.2) is 71.9 Å². The first-order chi connectivity index (χ1) is 14.9. The quantitative estimate of drug-likeness (QED) is 0.533. The van der Waals surface area contributed by atoms with Crippen LogP contribution in [0.3, 0.4) is 0 Å². The molecule has 4 rings (SSSR count). The summed E-state index contributed by atoms with van der Waals surface area (Å²) in [6, 6.07) is 17.2. The molecule has 0 aliphatic rings. The number of H-pyrrole nitrogens is 1. The van der Waals surface area contributed by atoms with Gasteiger partial charge in [0.15, 0.2) is 0 Å². The lowest BCUT2D eigenvalue weighted by molar-refractivity contribution is 0.398. The molecule has 3 heterocycles. The standard InChI is InChI=1S/C24H21N5O2/c1-24(2,15-25)18-5-7-19(8-6-18)29-21(14-28-23(29)30)20-12-16(10-11-26-20)17-4-9-22(31-3)27-13-17/h4-14H,1-3H3,(H,28,30). The van der Waals surface area contributed by atoms with Crippen LogP contribution in [0.25, 0.3) is 28.2 Å². The molecule has 0 bridgehead atoms. The maximum atomic E-state index is 12.6. The average Bonchev–Trinajstić information content (AvgIpc) is 3.20. The molecule has 3 aromatic heterocycles. The molecule has 154 valence electrons. The molecule has 0 unspecified atom stereocenters. The molecule has 7 nitrogen and oxygen atoms in total. The third kappa shape index (κ3) is 3.83. The molecule has 7 heteroatoms. The third-order valence-electron chi connectivity index (χ3n) is 5.20. The lowest BCUT2D eigenvalue weighted by atomic mass is 9.86. The minimum absolute atomic E-state index is 0.263. The number of hydrogen-bond acceptors (Lipinski definition) is 5. The van der Waals surface area contributed by atoms with Crippen LogP contribution in [0.4, 0.5) is 0 Å². The Labute approximate surface area is 179 Å². The fourth-order valence-corrected chi connectivity index (χ4v) is 3.33. The Bertz CT molecular complexity index is 1310. The molecule has 0 saturated carbocycles. The Morgan fingerprint density at radius 3 is 2.48 bits per heavy atom. The van der Waals surface area contributed by atoms with E-state index in [0.717, 1.165) is 16.7 Å². The first-order valence-corrected chi connectivity index (χ1v) is 9.72.